The first-order valence-corrected chi connectivity index (χ1v) is 11.5. The van der Waals surface area contributed by atoms with E-state index in [0.717, 1.165) is 12.8 Å². The molecule has 8 nitrogen and oxygen atoms in total. The molecule has 0 N–H and O–H groups in total. The second kappa shape index (κ2) is 9.37. The highest BCUT2D eigenvalue weighted by molar-refractivity contribution is 5.94. The highest BCUT2D eigenvalue weighted by Gasteiger charge is 2.40. The number of likely N-dealkylation sites (tertiary alicyclic amines) is 1. The van der Waals surface area contributed by atoms with Gasteiger partial charge in [0.05, 0.1) is 11.1 Å². The van der Waals surface area contributed by atoms with Crippen molar-refractivity contribution in [1.82, 2.24) is 19.8 Å². The number of nitrogens with zero attached hydrogens (tertiary/aromatic N) is 5. The molecule has 2 aliphatic rings. The normalized spacial score (nSPS) is 16.6. The molecule has 0 atom stereocenters. The van der Waals surface area contributed by atoms with E-state index in [2.05, 4.69) is 9.97 Å². The fourth-order valence-electron chi connectivity index (χ4n) is 4.12. The molecule has 2 heterocycles. The molecule has 1 aliphatic heterocycles. The van der Waals surface area contributed by atoms with Gasteiger partial charge in [-0.1, -0.05) is 0 Å². The predicted octanol–water partition coefficient (Wildman–Crippen LogP) is 4.16. The van der Waals surface area contributed by atoms with Crippen LogP contribution in [0.4, 0.5) is 9.18 Å². The summed E-state index contributed by atoms with van der Waals surface area (Å²) < 4.78 is 19.4. The Morgan fingerprint density at radius 3 is 2.26 bits per heavy atom. The molecule has 1 saturated carbocycles. The number of halogens is 1. The summed E-state index contributed by atoms with van der Waals surface area (Å²) in [4.78, 5) is 37.9. The van der Waals surface area contributed by atoms with Crippen LogP contribution in [0.5, 0.6) is 0 Å². The maximum Gasteiger partial charge on any atom is 0.410 e. The van der Waals surface area contributed by atoms with Gasteiger partial charge in [-0.25, -0.2) is 19.2 Å². The number of hydrogen-bond donors (Lipinski definition) is 0. The number of hydrogen-bond acceptors (Lipinski definition) is 6. The summed E-state index contributed by atoms with van der Waals surface area (Å²) in [6.07, 6.45) is 5.90. The molecular weight excluding hydrogens is 437 g/mol. The van der Waals surface area contributed by atoms with Gasteiger partial charge >= 0.3 is 6.09 Å². The first-order chi connectivity index (χ1) is 16.2. The SMILES string of the molecule is CC(C)(C)OC(=O)N1CCC(N(C(=O)c2cnc(-c3ccc(C#N)c(F)c3)nc2)C2CC2)CC1. The summed E-state index contributed by atoms with van der Waals surface area (Å²) in [5.74, 6) is -0.485. The Kier molecular flexibility index (Phi) is 6.51. The molecule has 1 saturated heterocycles. The van der Waals surface area contributed by atoms with E-state index in [1.165, 1.54) is 24.5 Å². The molecule has 0 bridgehead atoms. The third-order valence-corrected chi connectivity index (χ3v) is 5.93. The van der Waals surface area contributed by atoms with Crippen LogP contribution < -0.4 is 0 Å². The quantitative estimate of drug-likeness (QED) is 0.672. The Morgan fingerprint density at radius 2 is 1.74 bits per heavy atom. The van der Waals surface area contributed by atoms with Crippen LogP contribution >= 0.6 is 0 Å². The standard InChI is InChI=1S/C25H28FN5O3/c1-25(2,3)34-24(33)30-10-8-20(9-11-30)31(19-6-7-19)23(32)18-14-28-22(29-15-18)16-4-5-17(13-27)21(26)12-16/h4-5,12,14-15,19-20H,6-11H2,1-3H3. The van der Waals surface area contributed by atoms with Gasteiger partial charge in [-0.05, 0) is 64.7 Å². The third kappa shape index (κ3) is 5.33. The van der Waals surface area contributed by atoms with Crippen molar-refractivity contribution in [3.63, 3.8) is 0 Å². The van der Waals surface area contributed by atoms with Crippen molar-refractivity contribution in [3.8, 4) is 17.5 Å². The van der Waals surface area contributed by atoms with Crippen molar-refractivity contribution in [3.05, 3.63) is 47.5 Å². The Morgan fingerprint density at radius 1 is 1.12 bits per heavy atom. The average Bonchev–Trinajstić information content (AvgIpc) is 3.63. The van der Waals surface area contributed by atoms with Crippen LogP contribution in [-0.2, 0) is 4.74 Å². The minimum atomic E-state index is -0.638. The van der Waals surface area contributed by atoms with Crippen LogP contribution in [0.3, 0.4) is 0 Å². The van der Waals surface area contributed by atoms with E-state index in [9.17, 15) is 14.0 Å². The molecule has 0 spiro atoms. The van der Waals surface area contributed by atoms with Gasteiger partial charge < -0.3 is 14.5 Å². The van der Waals surface area contributed by atoms with Crippen molar-refractivity contribution >= 4 is 12.0 Å². The zero-order valence-electron chi connectivity index (χ0n) is 19.6. The molecule has 9 heteroatoms. The highest BCUT2D eigenvalue weighted by Crippen LogP contribution is 2.33. The van der Waals surface area contributed by atoms with Gasteiger partial charge in [0.1, 0.15) is 17.5 Å². The molecule has 34 heavy (non-hydrogen) atoms. The number of carbonyl (C=O) groups is 2. The van der Waals surface area contributed by atoms with Gasteiger partial charge in [0, 0.05) is 43.1 Å². The van der Waals surface area contributed by atoms with E-state index < -0.39 is 11.4 Å². The van der Waals surface area contributed by atoms with Crippen LogP contribution in [0.15, 0.2) is 30.6 Å². The van der Waals surface area contributed by atoms with Crippen molar-refractivity contribution in [1.29, 1.82) is 5.26 Å². The summed E-state index contributed by atoms with van der Waals surface area (Å²) in [5.41, 5.74) is 0.219. The summed E-state index contributed by atoms with van der Waals surface area (Å²) in [7, 11) is 0. The van der Waals surface area contributed by atoms with Gasteiger partial charge in [-0.3, -0.25) is 4.79 Å². The van der Waals surface area contributed by atoms with E-state index in [4.69, 9.17) is 10.00 Å². The zero-order chi connectivity index (χ0) is 24.5. The number of aromatic nitrogens is 2. The topological polar surface area (TPSA) is 99.4 Å². The largest absolute Gasteiger partial charge is 0.444 e. The van der Waals surface area contributed by atoms with Crippen molar-refractivity contribution in [2.75, 3.05) is 13.1 Å². The van der Waals surface area contributed by atoms with Crippen molar-refractivity contribution < 1.29 is 18.7 Å². The van der Waals surface area contributed by atoms with E-state index in [1.807, 2.05) is 25.7 Å². The summed E-state index contributed by atoms with van der Waals surface area (Å²) in [5, 5.41) is 8.88. The van der Waals surface area contributed by atoms with Gasteiger partial charge in [-0.2, -0.15) is 5.26 Å². The first-order valence-electron chi connectivity index (χ1n) is 11.5. The number of ether oxygens (including phenoxy) is 1. The third-order valence-electron chi connectivity index (χ3n) is 5.93. The Bertz CT molecular complexity index is 1110. The van der Waals surface area contributed by atoms with Crippen molar-refractivity contribution in [2.24, 2.45) is 0 Å². The minimum Gasteiger partial charge on any atom is -0.444 e. The summed E-state index contributed by atoms with van der Waals surface area (Å²) in [6.45, 7) is 6.61. The molecule has 4 rings (SSSR count). The monoisotopic (exact) mass is 465 g/mol. The lowest BCUT2D eigenvalue weighted by atomic mass is 10.0. The lowest BCUT2D eigenvalue weighted by Gasteiger charge is -2.39. The zero-order valence-corrected chi connectivity index (χ0v) is 19.6. The fourth-order valence-corrected chi connectivity index (χ4v) is 4.12. The van der Waals surface area contributed by atoms with E-state index >= 15 is 0 Å². The first kappa shape index (κ1) is 23.6. The maximum atomic E-state index is 13.9. The number of piperidine rings is 1. The van der Waals surface area contributed by atoms with Gasteiger partial charge in [0.15, 0.2) is 5.82 Å². The van der Waals surface area contributed by atoms with Gasteiger partial charge in [0.25, 0.3) is 5.91 Å². The molecule has 1 aliphatic carbocycles. The number of rotatable bonds is 4. The Labute approximate surface area is 198 Å². The van der Waals surface area contributed by atoms with E-state index in [0.29, 0.717) is 37.1 Å². The molecule has 0 radical (unpaired) electrons. The summed E-state index contributed by atoms with van der Waals surface area (Å²) >= 11 is 0. The molecule has 2 amide bonds. The lowest BCUT2D eigenvalue weighted by Crippen LogP contribution is -2.50. The molecule has 2 fully saturated rings. The number of benzene rings is 1. The Balaban J connectivity index is 1.43. The smallest absolute Gasteiger partial charge is 0.410 e. The van der Waals surface area contributed by atoms with Gasteiger partial charge in [-0.15, -0.1) is 0 Å². The Hall–Kier alpha value is -3.54. The van der Waals surface area contributed by atoms with Crippen molar-refractivity contribution in [2.45, 2.75) is 64.1 Å². The highest BCUT2D eigenvalue weighted by atomic mass is 19.1. The molecule has 0 unspecified atom stereocenters. The molecule has 1 aromatic heterocycles. The average molecular weight is 466 g/mol. The van der Waals surface area contributed by atoms with Crippen LogP contribution in [-0.4, -0.2) is 62.5 Å². The predicted molar refractivity (Wildman–Crippen MR) is 122 cm³/mol. The molecule has 1 aromatic carbocycles. The van der Waals surface area contributed by atoms with Crippen LogP contribution in [0.1, 0.15) is 62.4 Å². The lowest BCUT2D eigenvalue weighted by molar-refractivity contribution is 0.0142. The van der Waals surface area contributed by atoms with Crippen LogP contribution in [0.2, 0.25) is 0 Å². The van der Waals surface area contributed by atoms with Crippen LogP contribution in [0.25, 0.3) is 11.4 Å². The number of carbonyl (C=O) groups excluding carboxylic acids is 2. The number of nitriles is 1. The molecular formula is C25H28FN5O3. The van der Waals surface area contributed by atoms with Gasteiger partial charge in [0.2, 0.25) is 0 Å². The number of amides is 2. The summed E-state index contributed by atoms with van der Waals surface area (Å²) in [6, 6.07) is 6.18. The van der Waals surface area contributed by atoms with E-state index in [-0.39, 0.29) is 35.5 Å². The van der Waals surface area contributed by atoms with Crippen LogP contribution in [0, 0.1) is 17.1 Å². The maximum absolute atomic E-state index is 13.9. The van der Waals surface area contributed by atoms with E-state index in [1.54, 1.807) is 17.0 Å². The molecule has 178 valence electrons. The second-order valence-electron chi connectivity index (χ2n) is 9.74. The second-order valence-corrected chi connectivity index (χ2v) is 9.74. The molecule has 2 aromatic rings. The fraction of sp³-hybridized carbons (Fsp3) is 0.480. The minimum absolute atomic E-state index is 0.0333.